The molecule has 3 heteroatoms. The fourth-order valence-corrected chi connectivity index (χ4v) is 1.58. The van der Waals surface area contributed by atoms with E-state index in [1.165, 1.54) is 5.56 Å². The largest absolute Gasteiger partial charge is 0.369 e. The lowest BCUT2D eigenvalue weighted by atomic mass is 10.2. The highest BCUT2D eigenvalue weighted by atomic mass is 16.5. The number of rotatable bonds is 3. The van der Waals surface area contributed by atoms with Crippen molar-refractivity contribution in [1.29, 1.82) is 0 Å². The first-order valence-corrected chi connectivity index (χ1v) is 5.00. The zero-order valence-electron chi connectivity index (χ0n) is 8.71. The molecule has 1 aromatic heterocycles. The average Bonchev–Trinajstić information content (AvgIpc) is 1.99. The molecule has 1 saturated heterocycles. The molecular weight excluding hydrogens is 176 g/mol. The van der Waals surface area contributed by atoms with Crippen LogP contribution >= 0.6 is 0 Å². The molecule has 0 saturated carbocycles. The zero-order chi connectivity index (χ0) is 9.97. The lowest BCUT2D eigenvalue weighted by molar-refractivity contribution is 0.00599. The first-order chi connectivity index (χ1) is 6.74. The van der Waals surface area contributed by atoms with E-state index in [1.807, 2.05) is 6.92 Å². The van der Waals surface area contributed by atoms with Crippen molar-refractivity contribution < 1.29 is 4.74 Å². The topological polar surface area (TPSA) is 34.1 Å². The van der Waals surface area contributed by atoms with Crippen LogP contribution in [0, 0.1) is 13.8 Å². The van der Waals surface area contributed by atoms with Gasteiger partial charge in [0.2, 0.25) is 0 Å². The molecule has 1 aromatic rings. The fraction of sp³-hybridized carbons (Fsp3) is 0.545. The van der Waals surface area contributed by atoms with Gasteiger partial charge >= 0.3 is 0 Å². The van der Waals surface area contributed by atoms with Gasteiger partial charge in [-0.1, -0.05) is 0 Å². The van der Waals surface area contributed by atoms with Crippen LogP contribution in [0.3, 0.4) is 0 Å². The number of nitrogens with zero attached hydrogens (tertiary/aromatic N) is 1. The Morgan fingerprint density at radius 1 is 1.43 bits per heavy atom. The Morgan fingerprint density at radius 3 is 2.79 bits per heavy atom. The van der Waals surface area contributed by atoms with Gasteiger partial charge in [-0.3, -0.25) is 4.98 Å². The molecule has 1 N–H and O–H groups in total. The van der Waals surface area contributed by atoms with Crippen molar-refractivity contribution in [1.82, 2.24) is 10.3 Å². The third kappa shape index (κ3) is 2.30. The standard InChI is InChI=1S/C11H16N2O/c1-8-3-9(2)13-10(4-8)7-14-11-5-12-6-11/h3-4,11-12H,5-7H2,1-2H3. The molecule has 76 valence electrons. The van der Waals surface area contributed by atoms with Crippen LogP contribution in [0.1, 0.15) is 17.0 Å². The van der Waals surface area contributed by atoms with Crippen LogP contribution < -0.4 is 5.32 Å². The minimum Gasteiger partial charge on any atom is -0.369 e. The normalized spacial score (nSPS) is 16.7. The number of pyridine rings is 1. The molecule has 0 aromatic carbocycles. The molecule has 0 unspecified atom stereocenters. The number of nitrogens with one attached hydrogen (secondary N) is 1. The van der Waals surface area contributed by atoms with Gasteiger partial charge in [-0.05, 0) is 31.5 Å². The summed E-state index contributed by atoms with van der Waals surface area (Å²) in [5.41, 5.74) is 3.35. The summed E-state index contributed by atoms with van der Waals surface area (Å²) in [7, 11) is 0. The molecule has 0 aliphatic carbocycles. The van der Waals surface area contributed by atoms with Gasteiger partial charge in [0.25, 0.3) is 0 Å². The predicted octanol–water partition coefficient (Wildman–Crippen LogP) is 1.19. The summed E-state index contributed by atoms with van der Waals surface area (Å²) < 4.78 is 5.65. The van der Waals surface area contributed by atoms with Gasteiger partial charge in [0.05, 0.1) is 18.4 Å². The summed E-state index contributed by atoms with van der Waals surface area (Å²) in [5, 5.41) is 3.17. The van der Waals surface area contributed by atoms with Crippen molar-refractivity contribution in [2.45, 2.75) is 26.6 Å². The molecule has 0 atom stereocenters. The van der Waals surface area contributed by atoms with Crippen molar-refractivity contribution in [2.24, 2.45) is 0 Å². The molecule has 3 nitrogen and oxygen atoms in total. The maximum absolute atomic E-state index is 5.65. The van der Waals surface area contributed by atoms with E-state index in [0.29, 0.717) is 12.7 Å². The molecule has 1 fully saturated rings. The van der Waals surface area contributed by atoms with Crippen LogP contribution in [0.15, 0.2) is 12.1 Å². The van der Waals surface area contributed by atoms with Crippen molar-refractivity contribution in [3.05, 3.63) is 29.1 Å². The molecule has 0 amide bonds. The Balaban J connectivity index is 1.94. The number of aromatic nitrogens is 1. The first kappa shape index (κ1) is 9.62. The Morgan fingerprint density at radius 2 is 2.21 bits per heavy atom. The molecule has 0 spiro atoms. The van der Waals surface area contributed by atoms with E-state index in [-0.39, 0.29) is 0 Å². The van der Waals surface area contributed by atoms with Crippen LogP contribution in [0.5, 0.6) is 0 Å². The second-order valence-corrected chi connectivity index (χ2v) is 3.87. The molecule has 1 aliphatic heterocycles. The van der Waals surface area contributed by atoms with Gasteiger partial charge in [-0.15, -0.1) is 0 Å². The van der Waals surface area contributed by atoms with Crippen molar-refractivity contribution in [3.8, 4) is 0 Å². The van der Waals surface area contributed by atoms with E-state index >= 15 is 0 Å². The fourth-order valence-electron chi connectivity index (χ4n) is 1.58. The number of aryl methyl sites for hydroxylation is 2. The van der Waals surface area contributed by atoms with E-state index in [1.54, 1.807) is 0 Å². The second-order valence-electron chi connectivity index (χ2n) is 3.87. The quantitative estimate of drug-likeness (QED) is 0.781. The van der Waals surface area contributed by atoms with Crippen LogP contribution in [0.4, 0.5) is 0 Å². The van der Waals surface area contributed by atoms with Crippen molar-refractivity contribution in [3.63, 3.8) is 0 Å². The smallest absolute Gasteiger partial charge is 0.0893 e. The highest BCUT2D eigenvalue weighted by Crippen LogP contribution is 2.08. The molecular formula is C11H16N2O. The second kappa shape index (κ2) is 4.07. The lowest BCUT2D eigenvalue weighted by Crippen LogP contribution is -2.48. The monoisotopic (exact) mass is 192 g/mol. The molecule has 14 heavy (non-hydrogen) atoms. The highest BCUT2D eigenvalue weighted by molar-refractivity contribution is 5.18. The highest BCUT2D eigenvalue weighted by Gasteiger charge is 2.16. The summed E-state index contributed by atoms with van der Waals surface area (Å²) in [6.07, 6.45) is 0.387. The van der Waals surface area contributed by atoms with Crippen LogP contribution in [-0.2, 0) is 11.3 Å². The maximum Gasteiger partial charge on any atom is 0.0893 e. The Hall–Kier alpha value is -0.930. The average molecular weight is 192 g/mol. The van der Waals surface area contributed by atoms with Crippen molar-refractivity contribution >= 4 is 0 Å². The maximum atomic E-state index is 5.65. The van der Waals surface area contributed by atoms with Gasteiger partial charge in [0, 0.05) is 18.8 Å². The van der Waals surface area contributed by atoms with Gasteiger partial charge < -0.3 is 10.1 Å². The summed E-state index contributed by atoms with van der Waals surface area (Å²) in [5.74, 6) is 0. The zero-order valence-corrected chi connectivity index (χ0v) is 8.71. The SMILES string of the molecule is Cc1cc(C)nc(COC2CNC2)c1. The van der Waals surface area contributed by atoms with Crippen molar-refractivity contribution in [2.75, 3.05) is 13.1 Å². The van der Waals surface area contributed by atoms with Gasteiger partial charge in [-0.25, -0.2) is 0 Å². The first-order valence-electron chi connectivity index (χ1n) is 5.00. The van der Waals surface area contributed by atoms with E-state index in [4.69, 9.17) is 4.74 Å². The Bertz CT molecular complexity index is 301. The number of hydrogen-bond donors (Lipinski definition) is 1. The summed E-state index contributed by atoms with van der Waals surface area (Å²) in [6, 6.07) is 4.16. The summed E-state index contributed by atoms with van der Waals surface area (Å²) in [4.78, 5) is 4.42. The molecule has 1 aliphatic rings. The van der Waals surface area contributed by atoms with E-state index in [9.17, 15) is 0 Å². The van der Waals surface area contributed by atoms with Crippen LogP contribution in [-0.4, -0.2) is 24.2 Å². The molecule has 0 radical (unpaired) electrons. The van der Waals surface area contributed by atoms with Crippen LogP contribution in [0.2, 0.25) is 0 Å². The van der Waals surface area contributed by atoms with E-state index < -0.39 is 0 Å². The Kier molecular flexibility index (Phi) is 2.79. The number of ether oxygens (including phenoxy) is 1. The molecule has 0 bridgehead atoms. The van der Waals surface area contributed by atoms with E-state index in [0.717, 1.165) is 24.5 Å². The van der Waals surface area contributed by atoms with Gasteiger partial charge in [-0.2, -0.15) is 0 Å². The van der Waals surface area contributed by atoms with Crippen LogP contribution in [0.25, 0.3) is 0 Å². The van der Waals surface area contributed by atoms with E-state index in [2.05, 4.69) is 29.4 Å². The van der Waals surface area contributed by atoms with Gasteiger partial charge in [0.15, 0.2) is 0 Å². The molecule has 2 heterocycles. The number of hydrogen-bond acceptors (Lipinski definition) is 3. The molecule has 2 rings (SSSR count). The third-order valence-corrected chi connectivity index (χ3v) is 2.36. The lowest BCUT2D eigenvalue weighted by Gasteiger charge is -2.26. The minimum absolute atomic E-state index is 0.387. The minimum atomic E-state index is 0.387. The predicted molar refractivity (Wildman–Crippen MR) is 55.2 cm³/mol. The summed E-state index contributed by atoms with van der Waals surface area (Å²) in [6.45, 7) is 6.69. The van der Waals surface area contributed by atoms with Gasteiger partial charge in [0.1, 0.15) is 0 Å². The third-order valence-electron chi connectivity index (χ3n) is 2.36. The summed E-state index contributed by atoms with van der Waals surface area (Å²) >= 11 is 0. The Labute approximate surface area is 84.5 Å².